The smallest absolute Gasteiger partial charge is 0.265 e. The third kappa shape index (κ3) is 2.55. The van der Waals surface area contributed by atoms with Gasteiger partial charge < -0.3 is 11.1 Å². The molecule has 0 unspecified atom stereocenters. The molecule has 3 aromatic rings. The van der Waals surface area contributed by atoms with Crippen LogP contribution in [-0.4, -0.2) is 5.91 Å². The summed E-state index contributed by atoms with van der Waals surface area (Å²) in [6.45, 7) is 0. The normalized spacial score (nSPS) is 10.7. The summed E-state index contributed by atoms with van der Waals surface area (Å²) in [6.07, 6.45) is 0. The van der Waals surface area contributed by atoms with Crippen molar-refractivity contribution in [2.45, 2.75) is 0 Å². The van der Waals surface area contributed by atoms with Crippen molar-refractivity contribution >= 4 is 54.6 Å². The van der Waals surface area contributed by atoms with Gasteiger partial charge in [0.2, 0.25) is 0 Å². The van der Waals surface area contributed by atoms with E-state index in [1.54, 1.807) is 0 Å². The maximum Gasteiger partial charge on any atom is 0.265 e. The Bertz CT molecular complexity index is 797. The third-order valence-corrected chi connectivity index (χ3v) is 4.69. The average Bonchev–Trinajstić information content (AvgIpc) is 2.84. The van der Waals surface area contributed by atoms with Crippen LogP contribution in [0, 0.1) is 0 Å². The van der Waals surface area contributed by atoms with Gasteiger partial charge in [-0.25, -0.2) is 0 Å². The van der Waals surface area contributed by atoms with Crippen molar-refractivity contribution in [1.82, 2.24) is 0 Å². The van der Waals surface area contributed by atoms with Gasteiger partial charge in [-0.05, 0) is 57.7 Å². The minimum absolute atomic E-state index is 0.114. The summed E-state index contributed by atoms with van der Waals surface area (Å²) in [7, 11) is 0. The van der Waals surface area contributed by atoms with E-state index >= 15 is 0 Å². The van der Waals surface area contributed by atoms with Gasteiger partial charge in [0.05, 0.1) is 10.6 Å². The van der Waals surface area contributed by atoms with Crippen molar-refractivity contribution in [1.29, 1.82) is 0 Å². The Morgan fingerprint density at radius 3 is 2.75 bits per heavy atom. The SMILES string of the molecule is Nc1ccc2sc(C(=O)Nc3ccccc3Br)cc2c1. The van der Waals surface area contributed by atoms with E-state index in [1.165, 1.54) is 11.3 Å². The summed E-state index contributed by atoms with van der Waals surface area (Å²) >= 11 is 4.87. The fraction of sp³-hybridized carbons (Fsp3) is 0. The lowest BCUT2D eigenvalue weighted by molar-refractivity contribution is 0.103. The monoisotopic (exact) mass is 346 g/mol. The molecule has 5 heteroatoms. The number of nitrogen functional groups attached to an aromatic ring is 1. The standard InChI is InChI=1S/C15H11BrN2OS/c16-11-3-1-2-4-12(11)18-15(19)14-8-9-7-10(17)5-6-13(9)20-14/h1-8H,17H2,(H,18,19). The van der Waals surface area contributed by atoms with Gasteiger partial charge in [0.1, 0.15) is 0 Å². The van der Waals surface area contributed by atoms with Gasteiger partial charge in [-0.3, -0.25) is 4.79 Å². The number of amides is 1. The number of para-hydroxylation sites is 1. The van der Waals surface area contributed by atoms with Crippen molar-refractivity contribution in [2.24, 2.45) is 0 Å². The van der Waals surface area contributed by atoms with Gasteiger partial charge >= 0.3 is 0 Å². The number of rotatable bonds is 2. The molecule has 0 aliphatic heterocycles. The molecule has 3 rings (SSSR count). The topological polar surface area (TPSA) is 55.1 Å². The van der Waals surface area contributed by atoms with Crippen LogP contribution < -0.4 is 11.1 Å². The highest BCUT2D eigenvalue weighted by Gasteiger charge is 2.11. The second-order valence-electron chi connectivity index (χ2n) is 4.34. The molecular formula is C15H11BrN2OS. The van der Waals surface area contributed by atoms with E-state index in [0.717, 1.165) is 20.2 Å². The zero-order chi connectivity index (χ0) is 14.1. The first-order valence-electron chi connectivity index (χ1n) is 5.98. The van der Waals surface area contributed by atoms with E-state index in [0.29, 0.717) is 10.6 Å². The fourth-order valence-corrected chi connectivity index (χ4v) is 3.24. The van der Waals surface area contributed by atoms with Crippen LogP contribution in [0.25, 0.3) is 10.1 Å². The number of anilines is 2. The van der Waals surface area contributed by atoms with E-state index in [9.17, 15) is 4.79 Å². The molecule has 20 heavy (non-hydrogen) atoms. The molecule has 0 atom stereocenters. The molecule has 0 aliphatic rings. The molecule has 3 nitrogen and oxygen atoms in total. The van der Waals surface area contributed by atoms with Crippen LogP contribution in [0.4, 0.5) is 11.4 Å². The molecule has 3 N–H and O–H groups in total. The number of nitrogens with one attached hydrogen (secondary N) is 1. The summed E-state index contributed by atoms with van der Waals surface area (Å²) in [5.74, 6) is -0.114. The van der Waals surface area contributed by atoms with E-state index in [-0.39, 0.29) is 5.91 Å². The summed E-state index contributed by atoms with van der Waals surface area (Å²) in [4.78, 5) is 12.9. The minimum Gasteiger partial charge on any atom is -0.399 e. The summed E-state index contributed by atoms with van der Waals surface area (Å²) in [6, 6.07) is 15.0. The quantitative estimate of drug-likeness (QED) is 0.671. The third-order valence-electron chi connectivity index (χ3n) is 2.89. The van der Waals surface area contributed by atoms with E-state index in [1.807, 2.05) is 48.5 Å². The van der Waals surface area contributed by atoms with Gasteiger partial charge in [0, 0.05) is 14.9 Å². The average molecular weight is 347 g/mol. The van der Waals surface area contributed by atoms with Gasteiger partial charge in [0.15, 0.2) is 0 Å². The van der Waals surface area contributed by atoms with Gasteiger partial charge in [-0.15, -0.1) is 11.3 Å². The Hall–Kier alpha value is -1.85. The van der Waals surface area contributed by atoms with Crippen LogP contribution in [0.5, 0.6) is 0 Å². The first-order chi connectivity index (χ1) is 9.63. The lowest BCUT2D eigenvalue weighted by Crippen LogP contribution is -2.10. The van der Waals surface area contributed by atoms with Crippen molar-refractivity contribution in [3.05, 3.63) is 57.9 Å². The predicted molar refractivity (Wildman–Crippen MR) is 88.3 cm³/mol. The first kappa shape index (κ1) is 13.1. The molecule has 0 saturated heterocycles. The van der Waals surface area contributed by atoms with E-state index in [4.69, 9.17) is 5.73 Å². The second-order valence-corrected chi connectivity index (χ2v) is 6.28. The number of benzene rings is 2. The number of thiophene rings is 1. The molecule has 1 amide bonds. The number of fused-ring (bicyclic) bond motifs is 1. The Balaban J connectivity index is 1.91. The maximum absolute atomic E-state index is 12.3. The number of hydrogen-bond acceptors (Lipinski definition) is 3. The molecule has 1 heterocycles. The maximum atomic E-state index is 12.3. The molecule has 0 fully saturated rings. The number of nitrogens with two attached hydrogens (primary N) is 1. The van der Waals surface area contributed by atoms with Crippen LogP contribution in [0.3, 0.4) is 0 Å². The molecule has 0 bridgehead atoms. The number of halogens is 1. The second kappa shape index (κ2) is 5.26. The highest BCUT2D eigenvalue weighted by molar-refractivity contribution is 9.10. The molecule has 0 radical (unpaired) electrons. The molecule has 100 valence electrons. The van der Waals surface area contributed by atoms with Crippen LogP contribution in [0.15, 0.2) is 53.0 Å². The molecule has 0 spiro atoms. The Morgan fingerprint density at radius 2 is 1.95 bits per heavy atom. The molecule has 0 aliphatic carbocycles. The summed E-state index contributed by atoms with van der Waals surface area (Å²) in [5, 5.41) is 3.89. The Kier molecular flexibility index (Phi) is 3.46. The Morgan fingerprint density at radius 1 is 1.15 bits per heavy atom. The lowest BCUT2D eigenvalue weighted by Gasteiger charge is -2.05. The highest BCUT2D eigenvalue weighted by Crippen LogP contribution is 2.29. The predicted octanol–water partition coefficient (Wildman–Crippen LogP) is 4.50. The van der Waals surface area contributed by atoms with Gasteiger partial charge in [0.25, 0.3) is 5.91 Å². The van der Waals surface area contributed by atoms with Gasteiger partial charge in [-0.2, -0.15) is 0 Å². The van der Waals surface area contributed by atoms with E-state index in [2.05, 4.69) is 21.2 Å². The molecule has 2 aromatic carbocycles. The van der Waals surface area contributed by atoms with E-state index < -0.39 is 0 Å². The van der Waals surface area contributed by atoms with Crippen molar-refractivity contribution in [3.8, 4) is 0 Å². The van der Waals surface area contributed by atoms with Gasteiger partial charge in [-0.1, -0.05) is 12.1 Å². The number of carbonyl (C=O) groups is 1. The number of carbonyl (C=O) groups excluding carboxylic acids is 1. The van der Waals surface area contributed by atoms with Crippen LogP contribution in [-0.2, 0) is 0 Å². The summed E-state index contributed by atoms with van der Waals surface area (Å²) < 4.78 is 1.91. The van der Waals surface area contributed by atoms with Crippen LogP contribution in [0.1, 0.15) is 9.67 Å². The lowest BCUT2D eigenvalue weighted by atomic mass is 10.2. The summed E-state index contributed by atoms with van der Waals surface area (Å²) in [5.41, 5.74) is 7.21. The number of hydrogen-bond donors (Lipinski definition) is 2. The zero-order valence-electron chi connectivity index (χ0n) is 10.4. The molecule has 1 aromatic heterocycles. The fourth-order valence-electron chi connectivity index (χ4n) is 1.92. The van der Waals surface area contributed by atoms with Crippen LogP contribution in [0.2, 0.25) is 0 Å². The van der Waals surface area contributed by atoms with Crippen molar-refractivity contribution in [3.63, 3.8) is 0 Å². The Labute approximate surface area is 128 Å². The molecular weight excluding hydrogens is 336 g/mol. The first-order valence-corrected chi connectivity index (χ1v) is 7.59. The zero-order valence-corrected chi connectivity index (χ0v) is 12.8. The minimum atomic E-state index is -0.114. The van der Waals surface area contributed by atoms with Crippen molar-refractivity contribution < 1.29 is 4.79 Å². The van der Waals surface area contributed by atoms with Crippen molar-refractivity contribution in [2.75, 3.05) is 11.1 Å². The molecule has 0 saturated carbocycles. The largest absolute Gasteiger partial charge is 0.399 e. The highest BCUT2D eigenvalue weighted by atomic mass is 79.9. The van der Waals surface area contributed by atoms with Crippen LogP contribution >= 0.6 is 27.3 Å².